The number of fused-ring (bicyclic) bond motifs is 2. The molecular weight excluding hydrogens is 384 g/mol. The molecule has 132 valence electrons. The van der Waals surface area contributed by atoms with Crippen molar-refractivity contribution in [2.45, 2.75) is 5.16 Å². The van der Waals surface area contributed by atoms with Gasteiger partial charge in [-0.25, -0.2) is 4.79 Å². The number of hydrogen-bond donors (Lipinski definition) is 0. The summed E-state index contributed by atoms with van der Waals surface area (Å²) in [6, 6.07) is 16.6. The van der Waals surface area contributed by atoms with Crippen LogP contribution in [0, 0.1) is 0 Å². The third kappa shape index (κ3) is 2.85. The molecule has 2 aromatic carbocycles. The van der Waals surface area contributed by atoms with Crippen molar-refractivity contribution in [2.24, 2.45) is 5.10 Å². The third-order valence-corrected chi connectivity index (χ3v) is 5.41. The summed E-state index contributed by atoms with van der Waals surface area (Å²) in [4.78, 5) is 12.5. The van der Waals surface area contributed by atoms with Gasteiger partial charge in [0.05, 0.1) is 5.71 Å². The van der Waals surface area contributed by atoms with E-state index in [1.807, 2.05) is 42.5 Å². The zero-order chi connectivity index (χ0) is 18.4. The molecule has 0 radical (unpaired) electrons. The Balaban J connectivity index is 1.66. The summed E-state index contributed by atoms with van der Waals surface area (Å²) in [6.45, 7) is 0. The van der Waals surface area contributed by atoms with Crippen molar-refractivity contribution in [3.05, 3.63) is 75.6 Å². The fraction of sp³-hybridized carbons (Fsp3) is 0.0526. The van der Waals surface area contributed by atoms with E-state index < -0.39 is 5.63 Å². The molecule has 0 fully saturated rings. The monoisotopic (exact) mass is 394 g/mol. The van der Waals surface area contributed by atoms with Crippen LogP contribution in [0.15, 0.2) is 74.1 Å². The summed E-state index contributed by atoms with van der Waals surface area (Å²) in [5, 5.41) is 15.1. The van der Waals surface area contributed by atoms with Crippen LogP contribution < -0.4 is 5.63 Å². The number of nitrogens with zero attached hydrogens (tertiary/aromatic N) is 4. The predicted molar refractivity (Wildman–Crippen MR) is 106 cm³/mol. The second-order valence-electron chi connectivity index (χ2n) is 5.95. The molecule has 0 atom stereocenters. The number of halogens is 1. The minimum absolute atomic E-state index is 0.328. The van der Waals surface area contributed by atoms with Gasteiger partial charge in [0.25, 0.3) is 0 Å². The van der Waals surface area contributed by atoms with Gasteiger partial charge in [-0.1, -0.05) is 53.7 Å². The van der Waals surface area contributed by atoms with E-state index in [9.17, 15) is 4.79 Å². The molecule has 4 aromatic rings. The van der Waals surface area contributed by atoms with E-state index in [1.165, 1.54) is 11.8 Å². The number of hydrogen-bond acceptors (Lipinski definition) is 6. The second-order valence-corrected chi connectivity index (χ2v) is 7.32. The molecule has 0 spiro atoms. The van der Waals surface area contributed by atoms with Gasteiger partial charge in [-0.15, -0.1) is 10.2 Å². The smallest absolute Gasteiger partial charge is 0.347 e. The van der Waals surface area contributed by atoms with Gasteiger partial charge < -0.3 is 4.42 Å². The van der Waals surface area contributed by atoms with Gasteiger partial charge >= 0.3 is 5.63 Å². The molecule has 0 saturated heterocycles. The highest BCUT2D eigenvalue weighted by Gasteiger charge is 2.23. The molecule has 1 aliphatic heterocycles. The first kappa shape index (κ1) is 16.3. The van der Waals surface area contributed by atoms with Crippen molar-refractivity contribution in [1.29, 1.82) is 0 Å². The van der Waals surface area contributed by atoms with Crippen molar-refractivity contribution in [3.8, 4) is 11.4 Å². The SMILES string of the molecule is O=c1oc2ccccc2cc1-c1nnc2n1N=C(c1ccc(Cl)cc1)CS2. The number of rotatable bonds is 2. The van der Waals surface area contributed by atoms with Crippen LogP contribution >= 0.6 is 23.4 Å². The Hall–Kier alpha value is -2.90. The van der Waals surface area contributed by atoms with Gasteiger partial charge in [-0.05, 0) is 29.8 Å². The van der Waals surface area contributed by atoms with E-state index in [1.54, 1.807) is 16.8 Å². The summed E-state index contributed by atoms with van der Waals surface area (Å²) in [6.07, 6.45) is 0. The highest BCUT2D eigenvalue weighted by molar-refractivity contribution is 7.99. The highest BCUT2D eigenvalue weighted by Crippen LogP contribution is 2.28. The highest BCUT2D eigenvalue weighted by atomic mass is 35.5. The predicted octanol–water partition coefficient (Wildman–Crippen LogP) is 4.06. The summed E-state index contributed by atoms with van der Waals surface area (Å²) in [7, 11) is 0. The van der Waals surface area contributed by atoms with Crippen LogP contribution in [0.5, 0.6) is 0 Å². The summed E-state index contributed by atoms with van der Waals surface area (Å²) in [5.41, 5.74) is 2.21. The molecule has 0 amide bonds. The van der Waals surface area contributed by atoms with Crippen molar-refractivity contribution in [2.75, 3.05) is 5.75 Å². The zero-order valence-corrected chi connectivity index (χ0v) is 15.4. The molecule has 0 unspecified atom stereocenters. The molecule has 0 aliphatic carbocycles. The van der Waals surface area contributed by atoms with Gasteiger partial charge in [0.15, 0.2) is 5.82 Å². The van der Waals surface area contributed by atoms with Crippen molar-refractivity contribution >= 4 is 40.0 Å². The fourth-order valence-corrected chi connectivity index (χ4v) is 3.86. The van der Waals surface area contributed by atoms with E-state index >= 15 is 0 Å². The average Bonchev–Trinajstić information content (AvgIpc) is 3.11. The maximum absolute atomic E-state index is 12.5. The Morgan fingerprint density at radius 1 is 1.07 bits per heavy atom. The molecule has 0 bridgehead atoms. The Morgan fingerprint density at radius 2 is 1.89 bits per heavy atom. The Kier molecular flexibility index (Phi) is 3.84. The van der Waals surface area contributed by atoms with Crippen LogP contribution in [0.2, 0.25) is 5.02 Å². The molecule has 1 aliphatic rings. The lowest BCUT2D eigenvalue weighted by Gasteiger charge is -2.13. The van der Waals surface area contributed by atoms with Gasteiger partial charge in [-0.2, -0.15) is 9.78 Å². The molecule has 0 saturated carbocycles. The van der Waals surface area contributed by atoms with Crippen molar-refractivity contribution < 1.29 is 4.42 Å². The number of benzene rings is 2. The largest absolute Gasteiger partial charge is 0.422 e. The van der Waals surface area contributed by atoms with Crippen LogP contribution in [0.3, 0.4) is 0 Å². The fourth-order valence-electron chi connectivity index (χ4n) is 2.90. The minimum atomic E-state index is -0.470. The van der Waals surface area contributed by atoms with E-state index in [0.717, 1.165) is 16.7 Å². The van der Waals surface area contributed by atoms with E-state index in [0.29, 0.717) is 32.9 Å². The maximum Gasteiger partial charge on any atom is 0.347 e. The number of aromatic nitrogens is 3. The summed E-state index contributed by atoms with van der Waals surface area (Å²) >= 11 is 7.48. The molecule has 27 heavy (non-hydrogen) atoms. The normalized spacial score (nSPS) is 13.4. The van der Waals surface area contributed by atoms with Crippen LogP contribution in [0.25, 0.3) is 22.4 Å². The van der Waals surface area contributed by atoms with E-state index in [2.05, 4.69) is 15.3 Å². The minimum Gasteiger partial charge on any atom is -0.422 e. The van der Waals surface area contributed by atoms with Crippen molar-refractivity contribution in [3.63, 3.8) is 0 Å². The summed E-state index contributed by atoms with van der Waals surface area (Å²) < 4.78 is 7.02. The molecule has 8 heteroatoms. The quantitative estimate of drug-likeness (QED) is 0.479. The standard InChI is InChI=1S/C19H11ClN4O2S/c20-13-7-5-11(6-8-13)15-10-27-19-22-21-17(24(19)23-15)14-9-12-3-1-2-4-16(12)26-18(14)25/h1-9H,10H2. The van der Waals surface area contributed by atoms with Gasteiger partial charge in [0.2, 0.25) is 5.16 Å². The van der Waals surface area contributed by atoms with Gasteiger partial charge in [0.1, 0.15) is 11.1 Å². The molecular formula is C19H11ClN4O2S. The lowest BCUT2D eigenvalue weighted by molar-refractivity contribution is 0.562. The van der Waals surface area contributed by atoms with Crippen molar-refractivity contribution in [1.82, 2.24) is 14.9 Å². The van der Waals surface area contributed by atoms with Gasteiger partial charge in [0, 0.05) is 16.2 Å². The average molecular weight is 395 g/mol. The van der Waals surface area contributed by atoms with Crippen LogP contribution in [0.4, 0.5) is 0 Å². The van der Waals surface area contributed by atoms with E-state index in [4.69, 9.17) is 16.0 Å². The number of para-hydroxylation sites is 1. The zero-order valence-electron chi connectivity index (χ0n) is 13.8. The molecule has 6 nitrogen and oxygen atoms in total. The third-order valence-electron chi connectivity index (χ3n) is 4.23. The lowest BCUT2D eigenvalue weighted by atomic mass is 10.1. The topological polar surface area (TPSA) is 73.3 Å². The van der Waals surface area contributed by atoms with Crippen LogP contribution in [-0.2, 0) is 0 Å². The lowest BCUT2D eigenvalue weighted by Crippen LogP contribution is -2.15. The number of thioether (sulfide) groups is 1. The molecule has 0 N–H and O–H groups in total. The molecule has 2 aromatic heterocycles. The first-order valence-corrected chi connectivity index (χ1v) is 9.51. The maximum atomic E-state index is 12.5. The van der Waals surface area contributed by atoms with Crippen LogP contribution in [-0.4, -0.2) is 26.3 Å². The van der Waals surface area contributed by atoms with Gasteiger partial charge in [-0.3, -0.25) is 0 Å². The van der Waals surface area contributed by atoms with E-state index in [-0.39, 0.29) is 0 Å². The Morgan fingerprint density at radius 3 is 2.74 bits per heavy atom. The molecule has 3 heterocycles. The first-order valence-electron chi connectivity index (χ1n) is 8.14. The summed E-state index contributed by atoms with van der Waals surface area (Å²) in [5.74, 6) is 1.02. The second kappa shape index (κ2) is 6.37. The Labute approximate surface area is 162 Å². The first-order chi connectivity index (χ1) is 13.2. The Bertz CT molecular complexity index is 1260. The van der Waals surface area contributed by atoms with Crippen LogP contribution in [0.1, 0.15) is 5.56 Å². The molecule has 5 rings (SSSR count).